The van der Waals surface area contributed by atoms with Crippen LogP contribution in [0.5, 0.6) is 11.5 Å². The van der Waals surface area contributed by atoms with Crippen molar-refractivity contribution in [1.82, 2.24) is 19.6 Å². The van der Waals surface area contributed by atoms with Crippen molar-refractivity contribution in [2.75, 3.05) is 14.2 Å². The molecular weight excluding hydrogens is 504 g/mol. The van der Waals surface area contributed by atoms with Gasteiger partial charge in [0.25, 0.3) is 5.78 Å². The molecule has 1 aliphatic carbocycles. The molecule has 5 rings (SSSR count). The SMILES string of the molecule is COc1cc(OC)c(CCC2(C3CCCC3)CC(O)=C(Sc3nc4ncccn4n3)C(=O)O2)cc1Cl. The number of carbonyl (C=O) groups excluding carboxylic acids is 1. The van der Waals surface area contributed by atoms with Gasteiger partial charge in [-0.2, -0.15) is 4.98 Å². The van der Waals surface area contributed by atoms with Crippen LogP contribution < -0.4 is 9.47 Å². The summed E-state index contributed by atoms with van der Waals surface area (Å²) in [4.78, 5) is 21.9. The summed E-state index contributed by atoms with van der Waals surface area (Å²) >= 11 is 7.38. The zero-order valence-corrected chi connectivity index (χ0v) is 21.6. The molecule has 0 bridgehead atoms. The maximum absolute atomic E-state index is 13.3. The molecule has 9 nitrogen and oxygen atoms in total. The van der Waals surface area contributed by atoms with Gasteiger partial charge in [-0.15, -0.1) is 5.10 Å². The number of nitrogens with zero attached hydrogens (tertiary/aromatic N) is 4. The van der Waals surface area contributed by atoms with Crippen LogP contribution in [0.1, 0.15) is 44.1 Å². The molecule has 1 saturated carbocycles. The molecule has 2 aliphatic rings. The molecule has 1 aromatic carbocycles. The number of thioether (sulfide) groups is 1. The van der Waals surface area contributed by atoms with Gasteiger partial charge in [0.05, 0.1) is 19.2 Å². The third-order valence-electron chi connectivity index (χ3n) is 6.97. The Morgan fingerprint density at radius 3 is 2.72 bits per heavy atom. The van der Waals surface area contributed by atoms with E-state index in [4.69, 9.17) is 25.8 Å². The summed E-state index contributed by atoms with van der Waals surface area (Å²) < 4.78 is 18.6. The molecule has 3 heterocycles. The molecule has 0 amide bonds. The Hall–Kier alpha value is -2.98. The van der Waals surface area contributed by atoms with Crippen LogP contribution >= 0.6 is 23.4 Å². The number of halogens is 1. The second-order valence-electron chi connectivity index (χ2n) is 9.05. The first-order valence-corrected chi connectivity index (χ1v) is 13.0. The molecular formula is C25H27ClN4O5S. The van der Waals surface area contributed by atoms with Crippen molar-refractivity contribution in [3.63, 3.8) is 0 Å². The molecule has 1 atom stereocenters. The second-order valence-corrected chi connectivity index (χ2v) is 10.4. The van der Waals surface area contributed by atoms with Gasteiger partial charge in [-0.25, -0.2) is 14.3 Å². The van der Waals surface area contributed by atoms with E-state index in [2.05, 4.69) is 15.1 Å². The molecule has 1 N–H and O–H groups in total. The van der Waals surface area contributed by atoms with E-state index in [9.17, 15) is 9.90 Å². The molecule has 36 heavy (non-hydrogen) atoms. The van der Waals surface area contributed by atoms with Crippen LogP contribution in [0, 0.1) is 5.92 Å². The summed E-state index contributed by atoms with van der Waals surface area (Å²) in [5.74, 6) is 1.22. The molecule has 11 heteroatoms. The lowest BCUT2D eigenvalue weighted by molar-refractivity contribution is -0.166. The van der Waals surface area contributed by atoms with Gasteiger partial charge in [-0.1, -0.05) is 24.4 Å². The Morgan fingerprint density at radius 1 is 1.25 bits per heavy atom. The minimum Gasteiger partial charge on any atom is -0.511 e. The molecule has 1 unspecified atom stereocenters. The molecule has 3 aromatic rings. The van der Waals surface area contributed by atoms with E-state index in [-0.39, 0.29) is 23.0 Å². The number of aryl methyl sites for hydroxylation is 1. The highest BCUT2D eigenvalue weighted by atomic mass is 35.5. The van der Waals surface area contributed by atoms with Gasteiger partial charge >= 0.3 is 5.97 Å². The maximum atomic E-state index is 13.3. The van der Waals surface area contributed by atoms with Gasteiger partial charge in [-0.3, -0.25) is 0 Å². The van der Waals surface area contributed by atoms with Gasteiger partial charge in [0, 0.05) is 24.9 Å². The number of hydrogen-bond acceptors (Lipinski definition) is 9. The van der Waals surface area contributed by atoms with Crippen molar-refractivity contribution < 1.29 is 24.1 Å². The van der Waals surface area contributed by atoms with Gasteiger partial charge < -0.3 is 19.3 Å². The summed E-state index contributed by atoms with van der Waals surface area (Å²) in [5.41, 5.74) is 0.0781. The van der Waals surface area contributed by atoms with Crippen LogP contribution in [0.2, 0.25) is 5.02 Å². The van der Waals surface area contributed by atoms with Crippen molar-refractivity contribution >= 4 is 35.1 Å². The highest BCUT2D eigenvalue weighted by molar-refractivity contribution is 8.03. The van der Waals surface area contributed by atoms with E-state index >= 15 is 0 Å². The number of aliphatic hydroxyl groups excluding tert-OH is 1. The highest BCUT2D eigenvalue weighted by Gasteiger charge is 2.48. The van der Waals surface area contributed by atoms with Crippen LogP contribution in [0.4, 0.5) is 0 Å². The summed E-state index contributed by atoms with van der Waals surface area (Å²) in [7, 11) is 3.15. The maximum Gasteiger partial charge on any atom is 0.349 e. The van der Waals surface area contributed by atoms with Crippen LogP contribution in [-0.4, -0.2) is 50.5 Å². The molecule has 0 saturated heterocycles. The molecule has 190 valence electrons. The third-order valence-corrected chi connectivity index (χ3v) is 8.23. The van der Waals surface area contributed by atoms with Crippen LogP contribution in [0.25, 0.3) is 5.78 Å². The number of methoxy groups -OCH3 is 2. The monoisotopic (exact) mass is 530 g/mol. The third kappa shape index (κ3) is 4.71. The first-order chi connectivity index (χ1) is 17.4. The van der Waals surface area contributed by atoms with Gasteiger partial charge in [0.1, 0.15) is 27.8 Å². The quantitative estimate of drug-likeness (QED) is 0.395. The van der Waals surface area contributed by atoms with E-state index in [0.29, 0.717) is 40.3 Å². The van der Waals surface area contributed by atoms with E-state index in [1.54, 1.807) is 38.7 Å². The molecule has 1 fully saturated rings. The predicted molar refractivity (Wildman–Crippen MR) is 135 cm³/mol. The predicted octanol–water partition coefficient (Wildman–Crippen LogP) is 5.17. The normalized spacial score (nSPS) is 20.7. The number of esters is 1. The fraction of sp³-hybridized carbons (Fsp3) is 0.440. The fourth-order valence-corrected chi connectivity index (χ4v) is 6.20. The van der Waals surface area contributed by atoms with E-state index in [1.165, 1.54) is 4.52 Å². The lowest BCUT2D eigenvalue weighted by Gasteiger charge is -2.41. The average molecular weight is 531 g/mol. The number of cyclic esters (lactones) is 1. The highest BCUT2D eigenvalue weighted by Crippen LogP contribution is 2.48. The minimum atomic E-state index is -0.812. The van der Waals surface area contributed by atoms with Gasteiger partial charge in [0.15, 0.2) is 0 Å². The number of fused-ring (bicyclic) bond motifs is 1. The van der Waals surface area contributed by atoms with E-state index < -0.39 is 11.6 Å². The summed E-state index contributed by atoms with van der Waals surface area (Å²) in [5, 5.41) is 16.2. The number of rotatable bonds is 8. The van der Waals surface area contributed by atoms with Gasteiger partial charge in [-0.05, 0) is 61.1 Å². The fourth-order valence-electron chi connectivity index (χ4n) is 5.18. The van der Waals surface area contributed by atoms with Crippen LogP contribution in [0.3, 0.4) is 0 Å². The summed E-state index contributed by atoms with van der Waals surface area (Å²) in [6.45, 7) is 0. The Morgan fingerprint density at radius 2 is 2.03 bits per heavy atom. The van der Waals surface area contributed by atoms with Crippen molar-refractivity contribution in [3.8, 4) is 11.5 Å². The van der Waals surface area contributed by atoms with Crippen molar-refractivity contribution in [1.29, 1.82) is 0 Å². The lowest BCUT2D eigenvalue weighted by Crippen LogP contribution is -2.45. The Bertz CT molecular complexity index is 1290. The van der Waals surface area contributed by atoms with Crippen LogP contribution in [0.15, 0.2) is 46.4 Å². The number of benzene rings is 1. The Labute approximate surface area is 217 Å². The second kappa shape index (κ2) is 10.2. The van der Waals surface area contributed by atoms with Gasteiger partial charge in [0.2, 0.25) is 5.16 Å². The number of carbonyl (C=O) groups is 1. The summed E-state index contributed by atoms with van der Waals surface area (Å²) in [6, 6.07) is 5.32. The topological polar surface area (TPSA) is 108 Å². The molecule has 0 spiro atoms. The zero-order chi connectivity index (χ0) is 25.3. The number of hydrogen-bond donors (Lipinski definition) is 1. The Balaban J connectivity index is 1.41. The lowest BCUT2D eigenvalue weighted by atomic mass is 9.77. The van der Waals surface area contributed by atoms with Crippen molar-refractivity contribution in [2.24, 2.45) is 5.92 Å². The average Bonchev–Trinajstić information content (AvgIpc) is 3.55. The van der Waals surface area contributed by atoms with Crippen molar-refractivity contribution in [3.05, 3.63) is 51.8 Å². The van der Waals surface area contributed by atoms with Crippen LogP contribution in [-0.2, 0) is 16.0 Å². The van der Waals surface area contributed by atoms with E-state index in [0.717, 1.165) is 43.0 Å². The smallest absolute Gasteiger partial charge is 0.349 e. The first kappa shape index (κ1) is 24.7. The Kier molecular flexibility index (Phi) is 6.98. The number of ether oxygens (including phenoxy) is 3. The zero-order valence-electron chi connectivity index (χ0n) is 20.1. The standard InChI is InChI=1S/C25H27ClN4O5S/c1-33-19-13-20(34-2)17(26)12-15(19)8-9-25(16-6-3-4-7-16)14-18(31)21(22(32)35-25)36-24-28-23-27-10-5-11-30(23)29-24/h5,10-13,16,31H,3-4,6-9,14H2,1-2H3. The summed E-state index contributed by atoms with van der Waals surface area (Å²) in [6.07, 6.45) is 8.71. The first-order valence-electron chi connectivity index (χ1n) is 11.8. The molecule has 0 radical (unpaired) electrons. The number of aromatic nitrogens is 4. The largest absolute Gasteiger partial charge is 0.511 e. The van der Waals surface area contributed by atoms with E-state index in [1.807, 2.05) is 6.07 Å². The molecule has 1 aliphatic heterocycles. The van der Waals surface area contributed by atoms with Crippen molar-refractivity contribution in [2.45, 2.75) is 55.7 Å². The minimum absolute atomic E-state index is 0.00898. The number of aliphatic hydroxyl groups is 1. The molecule has 2 aromatic heterocycles.